The maximum Gasteiger partial charge on any atom is 0.234 e. The predicted molar refractivity (Wildman–Crippen MR) is 83.7 cm³/mol. The lowest BCUT2D eigenvalue weighted by Gasteiger charge is -2.14. The van der Waals surface area contributed by atoms with Gasteiger partial charge in [0.15, 0.2) is 11.5 Å². The van der Waals surface area contributed by atoms with Gasteiger partial charge in [0.25, 0.3) is 0 Å². The fourth-order valence-electron chi connectivity index (χ4n) is 1.84. The summed E-state index contributed by atoms with van der Waals surface area (Å²) in [6.07, 6.45) is 0.798. The molecule has 1 amide bonds. The van der Waals surface area contributed by atoms with Gasteiger partial charge in [0.1, 0.15) is 6.42 Å². The van der Waals surface area contributed by atoms with E-state index in [1.165, 1.54) is 0 Å². The smallest absolute Gasteiger partial charge is 0.234 e. The molecule has 0 aliphatic rings. The highest BCUT2D eigenvalue weighted by Gasteiger charge is 2.07. The zero-order chi connectivity index (χ0) is 16.4. The van der Waals surface area contributed by atoms with Crippen molar-refractivity contribution in [3.05, 3.63) is 23.8 Å². The molecule has 0 aliphatic heterocycles. The molecule has 0 saturated heterocycles. The highest BCUT2D eigenvalue weighted by Crippen LogP contribution is 2.28. The Morgan fingerprint density at radius 2 is 2.14 bits per heavy atom. The number of rotatable bonds is 9. The van der Waals surface area contributed by atoms with E-state index < -0.39 is 0 Å². The van der Waals surface area contributed by atoms with E-state index >= 15 is 0 Å². The predicted octanol–water partition coefficient (Wildman–Crippen LogP) is 1.56. The number of carbonyl (C=O) groups is 1. The Morgan fingerprint density at radius 3 is 2.77 bits per heavy atom. The first-order chi connectivity index (χ1) is 10.6. The number of amides is 1. The molecule has 0 atom stereocenters. The highest BCUT2D eigenvalue weighted by molar-refractivity contribution is 5.77. The molecule has 0 heterocycles. The summed E-state index contributed by atoms with van der Waals surface area (Å²) >= 11 is 0. The maximum absolute atomic E-state index is 11.3. The van der Waals surface area contributed by atoms with E-state index in [2.05, 4.69) is 10.2 Å². The number of methoxy groups -OCH3 is 1. The quantitative estimate of drug-likeness (QED) is 0.701. The summed E-state index contributed by atoms with van der Waals surface area (Å²) in [5.74, 6) is 1.04. The van der Waals surface area contributed by atoms with Crippen LogP contribution in [0.4, 0.5) is 0 Å². The van der Waals surface area contributed by atoms with Gasteiger partial charge in [-0.2, -0.15) is 5.26 Å². The van der Waals surface area contributed by atoms with Crippen LogP contribution in [0.3, 0.4) is 0 Å². The molecule has 120 valence electrons. The standard InChI is InChI=1S/C16H23N3O3/c1-19(2)9-4-10-22-14-6-5-13(11-15(14)21-3)12-18-16(20)7-8-17/h5-6,11H,4,7,9-10,12H2,1-3H3,(H,18,20). The van der Waals surface area contributed by atoms with Crippen LogP contribution in [0.15, 0.2) is 18.2 Å². The van der Waals surface area contributed by atoms with Gasteiger partial charge in [0.05, 0.1) is 19.8 Å². The first kappa shape index (κ1) is 17.8. The van der Waals surface area contributed by atoms with Crippen LogP contribution in [0.25, 0.3) is 0 Å². The molecule has 1 N–H and O–H groups in total. The van der Waals surface area contributed by atoms with Crippen LogP contribution in [0.2, 0.25) is 0 Å². The molecule has 1 aromatic rings. The lowest BCUT2D eigenvalue weighted by atomic mass is 10.2. The van der Waals surface area contributed by atoms with Gasteiger partial charge in [0, 0.05) is 13.1 Å². The average molecular weight is 305 g/mol. The third kappa shape index (κ3) is 6.46. The second-order valence-electron chi connectivity index (χ2n) is 5.10. The SMILES string of the molecule is COc1cc(CNC(=O)CC#N)ccc1OCCCN(C)C. The average Bonchev–Trinajstić information content (AvgIpc) is 2.50. The molecule has 0 saturated carbocycles. The molecule has 0 bridgehead atoms. The van der Waals surface area contributed by atoms with Crippen LogP contribution in [-0.2, 0) is 11.3 Å². The molecule has 1 aromatic carbocycles. The third-order valence-corrected chi connectivity index (χ3v) is 2.96. The number of hydrogen-bond acceptors (Lipinski definition) is 5. The second-order valence-corrected chi connectivity index (χ2v) is 5.10. The van der Waals surface area contributed by atoms with Crippen LogP contribution in [0.1, 0.15) is 18.4 Å². The molecule has 0 radical (unpaired) electrons. The first-order valence-electron chi connectivity index (χ1n) is 7.15. The topological polar surface area (TPSA) is 74.6 Å². The first-order valence-corrected chi connectivity index (χ1v) is 7.15. The van der Waals surface area contributed by atoms with Crippen molar-refractivity contribution in [3.8, 4) is 17.6 Å². The molecule has 22 heavy (non-hydrogen) atoms. The van der Waals surface area contributed by atoms with E-state index in [9.17, 15) is 4.79 Å². The van der Waals surface area contributed by atoms with E-state index in [1.807, 2.05) is 38.4 Å². The molecule has 6 heteroatoms. The Hall–Kier alpha value is -2.26. The zero-order valence-corrected chi connectivity index (χ0v) is 13.4. The van der Waals surface area contributed by atoms with Crippen molar-refractivity contribution in [1.82, 2.24) is 10.2 Å². The summed E-state index contributed by atoms with van der Waals surface area (Å²) in [5.41, 5.74) is 0.892. The normalized spacial score (nSPS) is 10.1. The van der Waals surface area contributed by atoms with Crippen molar-refractivity contribution in [2.24, 2.45) is 0 Å². The number of carbonyl (C=O) groups excluding carboxylic acids is 1. The second kappa shape index (κ2) is 9.64. The Kier molecular flexibility index (Phi) is 7.79. The van der Waals surface area contributed by atoms with Crippen LogP contribution >= 0.6 is 0 Å². The van der Waals surface area contributed by atoms with Crippen LogP contribution < -0.4 is 14.8 Å². The largest absolute Gasteiger partial charge is 0.493 e. The van der Waals surface area contributed by atoms with Gasteiger partial charge in [0.2, 0.25) is 5.91 Å². The highest BCUT2D eigenvalue weighted by atomic mass is 16.5. The number of benzene rings is 1. The minimum atomic E-state index is -0.287. The number of nitrogens with zero attached hydrogens (tertiary/aromatic N) is 2. The van der Waals surface area contributed by atoms with E-state index in [1.54, 1.807) is 7.11 Å². The summed E-state index contributed by atoms with van der Waals surface area (Å²) in [4.78, 5) is 13.4. The van der Waals surface area contributed by atoms with Gasteiger partial charge in [-0.3, -0.25) is 4.79 Å². The molecule has 6 nitrogen and oxygen atoms in total. The Balaban J connectivity index is 2.55. The van der Waals surface area contributed by atoms with Gasteiger partial charge in [-0.1, -0.05) is 6.07 Å². The van der Waals surface area contributed by atoms with E-state index in [0.717, 1.165) is 18.5 Å². The molecular formula is C16H23N3O3. The zero-order valence-electron chi connectivity index (χ0n) is 13.4. The third-order valence-electron chi connectivity index (χ3n) is 2.96. The maximum atomic E-state index is 11.3. The minimum Gasteiger partial charge on any atom is -0.493 e. The Morgan fingerprint density at radius 1 is 1.36 bits per heavy atom. The molecule has 0 fully saturated rings. The Labute approximate surface area is 131 Å². The molecule has 1 rings (SSSR count). The monoisotopic (exact) mass is 305 g/mol. The number of nitrogens with one attached hydrogen (secondary N) is 1. The van der Waals surface area contributed by atoms with Crippen LogP contribution in [0, 0.1) is 11.3 Å². The van der Waals surface area contributed by atoms with E-state index in [-0.39, 0.29) is 12.3 Å². The van der Waals surface area contributed by atoms with Crippen LogP contribution in [0.5, 0.6) is 11.5 Å². The fourth-order valence-corrected chi connectivity index (χ4v) is 1.84. The molecule has 0 spiro atoms. The summed E-state index contributed by atoms with van der Waals surface area (Å²) in [6, 6.07) is 7.34. The molecule has 0 aromatic heterocycles. The van der Waals surface area contributed by atoms with Crippen molar-refractivity contribution >= 4 is 5.91 Å². The van der Waals surface area contributed by atoms with Crippen molar-refractivity contribution in [1.29, 1.82) is 5.26 Å². The molecule has 0 unspecified atom stereocenters. The number of hydrogen-bond donors (Lipinski definition) is 1. The van der Waals surface area contributed by atoms with Gasteiger partial charge >= 0.3 is 0 Å². The lowest BCUT2D eigenvalue weighted by Crippen LogP contribution is -2.21. The van der Waals surface area contributed by atoms with Crippen LogP contribution in [-0.4, -0.2) is 45.2 Å². The summed E-state index contributed by atoms with van der Waals surface area (Å²) in [7, 11) is 5.63. The van der Waals surface area contributed by atoms with Crippen molar-refractivity contribution in [2.75, 3.05) is 34.4 Å². The fraction of sp³-hybridized carbons (Fsp3) is 0.500. The van der Waals surface area contributed by atoms with E-state index in [4.69, 9.17) is 14.7 Å². The van der Waals surface area contributed by atoms with Crippen molar-refractivity contribution in [3.63, 3.8) is 0 Å². The summed E-state index contributed by atoms with van der Waals surface area (Å²) in [5, 5.41) is 11.1. The van der Waals surface area contributed by atoms with Crippen molar-refractivity contribution < 1.29 is 14.3 Å². The summed E-state index contributed by atoms with van der Waals surface area (Å²) < 4.78 is 11.0. The Bertz CT molecular complexity index is 524. The molecular weight excluding hydrogens is 282 g/mol. The van der Waals surface area contributed by atoms with Gasteiger partial charge in [-0.05, 0) is 38.2 Å². The summed E-state index contributed by atoms with van der Waals surface area (Å²) in [6.45, 7) is 1.94. The van der Waals surface area contributed by atoms with Crippen molar-refractivity contribution in [2.45, 2.75) is 19.4 Å². The lowest BCUT2D eigenvalue weighted by molar-refractivity contribution is -0.120. The molecule has 0 aliphatic carbocycles. The number of nitriles is 1. The van der Waals surface area contributed by atoms with Gasteiger partial charge in [-0.15, -0.1) is 0 Å². The van der Waals surface area contributed by atoms with Gasteiger partial charge in [-0.25, -0.2) is 0 Å². The van der Waals surface area contributed by atoms with E-state index in [0.29, 0.717) is 24.7 Å². The number of ether oxygens (including phenoxy) is 2. The van der Waals surface area contributed by atoms with Gasteiger partial charge < -0.3 is 19.7 Å². The minimum absolute atomic E-state index is 0.135.